The molecule has 1 aromatic carbocycles. The summed E-state index contributed by atoms with van der Waals surface area (Å²) in [7, 11) is 5.03. The first-order valence-corrected chi connectivity index (χ1v) is 6.86. The van der Waals surface area contributed by atoms with Crippen molar-refractivity contribution < 1.29 is 14.3 Å². The highest BCUT2D eigenvalue weighted by atomic mass is 16.5. The zero-order chi connectivity index (χ0) is 15.2. The Balaban J connectivity index is 2.18. The maximum atomic E-state index is 11.2. The van der Waals surface area contributed by atoms with Crippen LogP contribution in [0.15, 0.2) is 30.5 Å². The lowest BCUT2D eigenvalue weighted by molar-refractivity contribution is -0.140. The lowest BCUT2D eigenvalue weighted by atomic mass is 10.1. The zero-order valence-electron chi connectivity index (χ0n) is 12.6. The molecule has 0 spiro atoms. The van der Waals surface area contributed by atoms with Gasteiger partial charge in [-0.05, 0) is 30.0 Å². The Morgan fingerprint density at radius 2 is 2.10 bits per heavy atom. The highest BCUT2D eigenvalue weighted by Crippen LogP contribution is 2.27. The van der Waals surface area contributed by atoms with Crippen molar-refractivity contribution in [2.24, 2.45) is 0 Å². The number of esters is 1. The fourth-order valence-electron chi connectivity index (χ4n) is 2.23. The topological polar surface area (TPSA) is 51.7 Å². The number of pyridine rings is 1. The van der Waals surface area contributed by atoms with Crippen LogP contribution >= 0.6 is 0 Å². The summed E-state index contributed by atoms with van der Waals surface area (Å²) in [5, 5.41) is 2.15. The van der Waals surface area contributed by atoms with Crippen LogP contribution in [0.4, 0.5) is 5.82 Å². The van der Waals surface area contributed by atoms with Crippen LogP contribution in [-0.2, 0) is 9.53 Å². The molecule has 5 nitrogen and oxygen atoms in total. The van der Waals surface area contributed by atoms with Gasteiger partial charge in [-0.1, -0.05) is 6.07 Å². The Morgan fingerprint density at radius 3 is 2.81 bits per heavy atom. The van der Waals surface area contributed by atoms with E-state index in [2.05, 4.69) is 9.72 Å². The van der Waals surface area contributed by atoms with Crippen molar-refractivity contribution in [2.45, 2.75) is 12.8 Å². The van der Waals surface area contributed by atoms with E-state index in [4.69, 9.17) is 4.74 Å². The fraction of sp³-hybridized carbons (Fsp3) is 0.375. The van der Waals surface area contributed by atoms with E-state index in [0.717, 1.165) is 35.3 Å². The van der Waals surface area contributed by atoms with Gasteiger partial charge in [0, 0.05) is 31.6 Å². The molecule has 0 aliphatic heterocycles. The van der Waals surface area contributed by atoms with Crippen LogP contribution in [0.2, 0.25) is 0 Å². The van der Waals surface area contributed by atoms with Gasteiger partial charge in [0.15, 0.2) is 0 Å². The molecule has 0 unspecified atom stereocenters. The van der Waals surface area contributed by atoms with Crippen molar-refractivity contribution >= 4 is 22.6 Å². The number of fused-ring (bicyclic) bond motifs is 1. The van der Waals surface area contributed by atoms with Crippen LogP contribution in [0.1, 0.15) is 12.8 Å². The predicted octanol–water partition coefficient (Wildman–Crippen LogP) is 2.63. The number of carbonyl (C=O) groups is 1. The van der Waals surface area contributed by atoms with Gasteiger partial charge in [0.1, 0.15) is 11.6 Å². The molecular weight excluding hydrogens is 268 g/mol. The highest BCUT2D eigenvalue weighted by Gasteiger charge is 2.09. The average Bonchev–Trinajstić information content (AvgIpc) is 2.53. The Hall–Kier alpha value is -2.30. The van der Waals surface area contributed by atoms with Gasteiger partial charge in [-0.25, -0.2) is 4.98 Å². The van der Waals surface area contributed by atoms with E-state index in [1.807, 2.05) is 36.2 Å². The molecule has 0 saturated heterocycles. The smallest absolute Gasteiger partial charge is 0.305 e. The molecule has 0 aliphatic rings. The van der Waals surface area contributed by atoms with E-state index < -0.39 is 0 Å². The molecule has 21 heavy (non-hydrogen) atoms. The molecule has 0 saturated carbocycles. The lowest BCUT2D eigenvalue weighted by Crippen LogP contribution is -2.20. The number of hydrogen-bond acceptors (Lipinski definition) is 5. The SMILES string of the molecule is COC(=O)CCCN(C)c1nccc2ccc(OC)cc12. The van der Waals surface area contributed by atoms with E-state index >= 15 is 0 Å². The number of methoxy groups -OCH3 is 2. The molecule has 5 heteroatoms. The standard InChI is InChI=1S/C16H20N2O3/c1-18(10-4-5-15(19)21-3)16-14-11-13(20-2)7-6-12(14)8-9-17-16/h6-9,11H,4-5,10H2,1-3H3. The molecule has 2 aromatic rings. The maximum Gasteiger partial charge on any atom is 0.305 e. The second-order valence-corrected chi connectivity index (χ2v) is 4.82. The number of anilines is 1. The highest BCUT2D eigenvalue weighted by molar-refractivity contribution is 5.93. The molecule has 0 atom stereocenters. The number of hydrogen-bond donors (Lipinski definition) is 0. The summed E-state index contributed by atoms with van der Waals surface area (Å²) in [5.41, 5.74) is 0. The minimum atomic E-state index is -0.184. The fourth-order valence-corrected chi connectivity index (χ4v) is 2.23. The van der Waals surface area contributed by atoms with Crippen LogP contribution < -0.4 is 9.64 Å². The second kappa shape index (κ2) is 6.92. The second-order valence-electron chi connectivity index (χ2n) is 4.82. The molecule has 2 rings (SSSR count). The third-order valence-electron chi connectivity index (χ3n) is 3.42. The summed E-state index contributed by atoms with van der Waals surface area (Å²) in [6, 6.07) is 7.90. The van der Waals surface area contributed by atoms with Crippen LogP contribution in [0, 0.1) is 0 Å². The monoisotopic (exact) mass is 288 g/mol. The van der Waals surface area contributed by atoms with Crippen LogP contribution in [0.5, 0.6) is 5.75 Å². The zero-order valence-corrected chi connectivity index (χ0v) is 12.6. The van der Waals surface area contributed by atoms with Crippen molar-refractivity contribution in [2.75, 3.05) is 32.7 Å². The minimum Gasteiger partial charge on any atom is -0.497 e. The maximum absolute atomic E-state index is 11.2. The van der Waals surface area contributed by atoms with Gasteiger partial charge < -0.3 is 14.4 Å². The largest absolute Gasteiger partial charge is 0.497 e. The Bertz CT molecular complexity index is 628. The molecular formula is C16H20N2O3. The average molecular weight is 288 g/mol. The molecule has 112 valence electrons. The summed E-state index contributed by atoms with van der Waals surface area (Å²) < 4.78 is 9.93. The van der Waals surface area contributed by atoms with E-state index in [-0.39, 0.29) is 5.97 Å². The number of ether oxygens (including phenoxy) is 2. The van der Waals surface area contributed by atoms with Gasteiger partial charge in [-0.15, -0.1) is 0 Å². The van der Waals surface area contributed by atoms with E-state index in [0.29, 0.717) is 6.42 Å². The number of rotatable bonds is 6. The summed E-state index contributed by atoms with van der Waals surface area (Å²) in [4.78, 5) is 17.7. The van der Waals surface area contributed by atoms with Crippen molar-refractivity contribution in [3.05, 3.63) is 30.5 Å². The third-order valence-corrected chi connectivity index (χ3v) is 3.42. The van der Waals surface area contributed by atoms with Crippen LogP contribution in [-0.4, -0.2) is 38.8 Å². The number of aromatic nitrogens is 1. The van der Waals surface area contributed by atoms with Gasteiger partial charge in [-0.2, -0.15) is 0 Å². The Labute approximate surface area is 124 Å². The predicted molar refractivity (Wildman–Crippen MR) is 82.8 cm³/mol. The van der Waals surface area contributed by atoms with E-state index in [1.165, 1.54) is 7.11 Å². The molecule has 1 heterocycles. The molecule has 0 bridgehead atoms. The van der Waals surface area contributed by atoms with Gasteiger partial charge in [0.05, 0.1) is 14.2 Å². The molecule has 0 radical (unpaired) electrons. The summed E-state index contributed by atoms with van der Waals surface area (Å²) in [6.45, 7) is 0.735. The first kappa shape index (κ1) is 15.1. The normalized spacial score (nSPS) is 10.4. The third kappa shape index (κ3) is 3.62. The first-order valence-electron chi connectivity index (χ1n) is 6.86. The minimum absolute atomic E-state index is 0.184. The number of carbonyl (C=O) groups excluding carboxylic acids is 1. The number of nitrogens with zero attached hydrogens (tertiary/aromatic N) is 2. The quantitative estimate of drug-likeness (QED) is 0.765. The van der Waals surface area contributed by atoms with E-state index in [1.54, 1.807) is 13.3 Å². The van der Waals surface area contributed by atoms with Gasteiger partial charge in [0.25, 0.3) is 0 Å². The molecule has 0 amide bonds. The Morgan fingerprint density at radius 1 is 1.29 bits per heavy atom. The van der Waals surface area contributed by atoms with Crippen molar-refractivity contribution in [3.63, 3.8) is 0 Å². The van der Waals surface area contributed by atoms with Crippen LogP contribution in [0.3, 0.4) is 0 Å². The Kier molecular flexibility index (Phi) is 4.98. The van der Waals surface area contributed by atoms with Gasteiger partial charge in [0.2, 0.25) is 0 Å². The molecule has 0 fully saturated rings. The first-order chi connectivity index (χ1) is 10.2. The molecule has 0 N–H and O–H groups in total. The van der Waals surface area contributed by atoms with Crippen molar-refractivity contribution in [1.82, 2.24) is 4.98 Å². The van der Waals surface area contributed by atoms with Gasteiger partial charge in [-0.3, -0.25) is 4.79 Å². The molecule has 0 aliphatic carbocycles. The number of benzene rings is 1. The lowest BCUT2D eigenvalue weighted by Gasteiger charge is -2.19. The summed E-state index contributed by atoms with van der Waals surface area (Å²) in [6.07, 6.45) is 2.93. The van der Waals surface area contributed by atoms with Crippen molar-refractivity contribution in [3.8, 4) is 5.75 Å². The van der Waals surface area contributed by atoms with Gasteiger partial charge >= 0.3 is 5.97 Å². The summed E-state index contributed by atoms with van der Waals surface area (Å²) in [5.74, 6) is 1.51. The van der Waals surface area contributed by atoms with Crippen LogP contribution in [0.25, 0.3) is 10.8 Å². The molecule has 1 aromatic heterocycles. The van der Waals surface area contributed by atoms with E-state index in [9.17, 15) is 4.79 Å². The van der Waals surface area contributed by atoms with Crippen molar-refractivity contribution in [1.29, 1.82) is 0 Å². The summed E-state index contributed by atoms with van der Waals surface area (Å²) >= 11 is 0.